The lowest BCUT2D eigenvalue weighted by atomic mass is 9.81. The average molecular weight is 220 g/mol. The van der Waals surface area contributed by atoms with Crippen molar-refractivity contribution in [1.29, 1.82) is 0 Å². The molecule has 1 aromatic rings. The number of nitrogens with two attached hydrogens (primary N) is 1. The Hall–Kier alpha value is -1.16. The summed E-state index contributed by atoms with van der Waals surface area (Å²) >= 11 is 0. The van der Waals surface area contributed by atoms with Gasteiger partial charge < -0.3 is 10.6 Å². The maximum absolute atomic E-state index is 5.78. The summed E-state index contributed by atoms with van der Waals surface area (Å²) in [5.41, 5.74) is 7.84. The van der Waals surface area contributed by atoms with Crippen LogP contribution in [0.15, 0.2) is 6.07 Å². The predicted octanol–water partition coefficient (Wildman–Crippen LogP) is 1.27. The van der Waals surface area contributed by atoms with Gasteiger partial charge in [0, 0.05) is 31.0 Å². The number of rotatable bonds is 3. The van der Waals surface area contributed by atoms with Crippen molar-refractivity contribution in [1.82, 2.24) is 9.97 Å². The van der Waals surface area contributed by atoms with E-state index >= 15 is 0 Å². The van der Waals surface area contributed by atoms with Gasteiger partial charge in [0.15, 0.2) is 0 Å². The van der Waals surface area contributed by atoms with Crippen LogP contribution in [0.4, 0.5) is 5.95 Å². The highest BCUT2D eigenvalue weighted by Gasteiger charge is 2.27. The summed E-state index contributed by atoms with van der Waals surface area (Å²) in [6.07, 6.45) is 2.27. The van der Waals surface area contributed by atoms with Crippen LogP contribution in [-0.2, 0) is 0 Å². The maximum Gasteiger partial charge on any atom is 0.225 e. The zero-order valence-corrected chi connectivity index (χ0v) is 10.3. The second-order valence-corrected chi connectivity index (χ2v) is 4.93. The van der Waals surface area contributed by atoms with Crippen molar-refractivity contribution in [2.24, 2.45) is 11.7 Å². The summed E-state index contributed by atoms with van der Waals surface area (Å²) in [4.78, 5) is 11.0. The van der Waals surface area contributed by atoms with Crippen molar-refractivity contribution in [3.63, 3.8) is 0 Å². The third kappa shape index (κ3) is 2.50. The molecule has 1 aliphatic rings. The summed E-state index contributed by atoms with van der Waals surface area (Å²) < 4.78 is 0. The molecule has 1 aliphatic carbocycles. The van der Waals surface area contributed by atoms with E-state index in [0.717, 1.165) is 36.7 Å². The number of hydrogen-bond acceptors (Lipinski definition) is 4. The largest absolute Gasteiger partial charge is 0.344 e. The Morgan fingerprint density at radius 2 is 1.88 bits per heavy atom. The molecule has 0 bridgehead atoms. The third-order valence-electron chi connectivity index (χ3n) is 3.12. The van der Waals surface area contributed by atoms with Gasteiger partial charge in [0.1, 0.15) is 0 Å². The molecule has 1 aromatic heterocycles. The minimum absolute atomic E-state index is 0.415. The molecule has 0 saturated heterocycles. The second-order valence-electron chi connectivity index (χ2n) is 4.93. The molecular weight excluding hydrogens is 200 g/mol. The van der Waals surface area contributed by atoms with Gasteiger partial charge in [-0.3, -0.25) is 0 Å². The van der Waals surface area contributed by atoms with Crippen LogP contribution in [-0.4, -0.2) is 29.6 Å². The Morgan fingerprint density at radius 3 is 2.38 bits per heavy atom. The molecule has 4 heteroatoms. The third-order valence-corrected chi connectivity index (χ3v) is 3.12. The lowest BCUT2D eigenvalue weighted by Crippen LogP contribution is -2.42. The van der Waals surface area contributed by atoms with Gasteiger partial charge in [-0.1, -0.05) is 0 Å². The van der Waals surface area contributed by atoms with E-state index in [1.165, 1.54) is 0 Å². The molecule has 0 unspecified atom stereocenters. The van der Waals surface area contributed by atoms with Gasteiger partial charge in [0.25, 0.3) is 0 Å². The van der Waals surface area contributed by atoms with E-state index in [0.29, 0.717) is 12.0 Å². The molecule has 1 heterocycles. The van der Waals surface area contributed by atoms with Crippen molar-refractivity contribution in [3.8, 4) is 0 Å². The highest BCUT2D eigenvalue weighted by Crippen LogP contribution is 2.26. The first-order valence-electron chi connectivity index (χ1n) is 5.83. The van der Waals surface area contributed by atoms with Crippen LogP contribution in [0.2, 0.25) is 0 Å². The van der Waals surface area contributed by atoms with Gasteiger partial charge in [0.2, 0.25) is 5.95 Å². The zero-order chi connectivity index (χ0) is 11.7. The number of aryl methyl sites for hydroxylation is 2. The van der Waals surface area contributed by atoms with Crippen molar-refractivity contribution in [2.75, 3.05) is 18.5 Å². The molecule has 0 radical (unpaired) electrons. The maximum atomic E-state index is 5.78. The molecule has 2 rings (SSSR count). The number of aromatic nitrogens is 2. The quantitative estimate of drug-likeness (QED) is 0.833. The monoisotopic (exact) mass is 220 g/mol. The van der Waals surface area contributed by atoms with Crippen molar-refractivity contribution in [3.05, 3.63) is 17.5 Å². The van der Waals surface area contributed by atoms with Crippen LogP contribution in [0.5, 0.6) is 0 Å². The molecule has 1 saturated carbocycles. The smallest absolute Gasteiger partial charge is 0.225 e. The predicted molar refractivity (Wildman–Crippen MR) is 65.5 cm³/mol. The molecule has 0 aromatic carbocycles. The molecule has 2 N–H and O–H groups in total. The van der Waals surface area contributed by atoms with Crippen LogP contribution in [0.3, 0.4) is 0 Å². The van der Waals surface area contributed by atoms with Gasteiger partial charge in [0.05, 0.1) is 0 Å². The van der Waals surface area contributed by atoms with E-state index in [1.54, 1.807) is 0 Å². The van der Waals surface area contributed by atoms with E-state index in [-0.39, 0.29) is 0 Å². The Bertz CT molecular complexity index is 351. The van der Waals surface area contributed by atoms with Gasteiger partial charge in [-0.2, -0.15) is 0 Å². The first-order chi connectivity index (χ1) is 7.54. The van der Waals surface area contributed by atoms with Gasteiger partial charge in [-0.15, -0.1) is 0 Å². The Labute approximate surface area is 96.9 Å². The van der Waals surface area contributed by atoms with Gasteiger partial charge in [-0.05, 0) is 38.7 Å². The van der Waals surface area contributed by atoms with E-state index in [2.05, 4.69) is 21.9 Å². The van der Waals surface area contributed by atoms with Crippen molar-refractivity contribution >= 4 is 5.95 Å². The van der Waals surface area contributed by atoms with Crippen LogP contribution in [0, 0.1) is 19.8 Å². The summed E-state index contributed by atoms with van der Waals surface area (Å²) in [5, 5.41) is 0. The molecule has 0 atom stereocenters. The number of anilines is 1. The number of hydrogen-bond donors (Lipinski definition) is 1. The van der Waals surface area contributed by atoms with E-state index in [1.807, 2.05) is 19.9 Å². The summed E-state index contributed by atoms with van der Waals surface area (Å²) in [6, 6.07) is 2.41. The Morgan fingerprint density at radius 1 is 1.31 bits per heavy atom. The first kappa shape index (κ1) is 11.3. The standard InChI is InChI=1S/C12H20N4/c1-8-4-9(2)15-12(14-8)16(3)7-10-5-11(13)6-10/h4,10-11H,5-7,13H2,1-3H3. The summed E-state index contributed by atoms with van der Waals surface area (Å²) in [7, 11) is 2.05. The minimum atomic E-state index is 0.415. The van der Waals surface area contributed by atoms with E-state index in [9.17, 15) is 0 Å². The minimum Gasteiger partial charge on any atom is -0.344 e. The van der Waals surface area contributed by atoms with E-state index in [4.69, 9.17) is 5.73 Å². The lowest BCUT2D eigenvalue weighted by Gasteiger charge is -2.35. The van der Waals surface area contributed by atoms with Crippen LogP contribution in [0.25, 0.3) is 0 Å². The van der Waals surface area contributed by atoms with E-state index < -0.39 is 0 Å². The highest BCUT2D eigenvalue weighted by atomic mass is 15.2. The topological polar surface area (TPSA) is 55.0 Å². The molecule has 1 fully saturated rings. The van der Waals surface area contributed by atoms with Crippen molar-refractivity contribution in [2.45, 2.75) is 32.7 Å². The van der Waals surface area contributed by atoms with Crippen LogP contribution >= 0.6 is 0 Å². The lowest BCUT2D eigenvalue weighted by molar-refractivity contribution is 0.270. The normalized spacial score (nSPS) is 24.0. The highest BCUT2D eigenvalue weighted by molar-refractivity contribution is 5.31. The fraction of sp³-hybridized carbons (Fsp3) is 0.667. The SMILES string of the molecule is Cc1cc(C)nc(N(C)CC2CC(N)C2)n1. The fourth-order valence-corrected chi connectivity index (χ4v) is 2.28. The Kier molecular flexibility index (Phi) is 3.10. The second kappa shape index (κ2) is 4.37. The summed E-state index contributed by atoms with van der Waals surface area (Å²) in [5.74, 6) is 1.54. The molecular formula is C12H20N4. The molecule has 0 amide bonds. The molecule has 16 heavy (non-hydrogen) atoms. The zero-order valence-electron chi connectivity index (χ0n) is 10.3. The molecule has 0 aliphatic heterocycles. The Balaban J connectivity index is 2.00. The summed E-state index contributed by atoms with van der Waals surface area (Å²) in [6.45, 7) is 5.02. The average Bonchev–Trinajstić information content (AvgIpc) is 2.13. The molecule has 0 spiro atoms. The van der Waals surface area contributed by atoms with Crippen molar-refractivity contribution < 1.29 is 0 Å². The molecule has 4 nitrogen and oxygen atoms in total. The number of nitrogens with zero attached hydrogens (tertiary/aromatic N) is 3. The van der Waals surface area contributed by atoms with Gasteiger partial charge >= 0.3 is 0 Å². The molecule has 88 valence electrons. The van der Waals surface area contributed by atoms with Crippen LogP contribution in [0.1, 0.15) is 24.2 Å². The fourth-order valence-electron chi connectivity index (χ4n) is 2.28. The van der Waals surface area contributed by atoms with Gasteiger partial charge in [-0.25, -0.2) is 9.97 Å². The first-order valence-corrected chi connectivity index (χ1v) is 5.83. The van der Waals surface area contributed by atoms with Crippen LogP contribution < -0.4 is 10.6 Å².